The monoisotopic (exact) mass is 453 g/mol. The van der Waals surface area contributed by atoms with Crippen LogP contribution in [0.3, 0.4) is 0 Å². The number of aromatic hydroxyl groups is 1. The highest BCUT2D eigenvalue weighted by molar-refractivity contribution is 9.10. The molecule has 0 radical (unpaired) electrons. The quantitative estimate of drug-likeness (QED) is 0.384. The molecule has 0 atom stereocenters. The van der Waals surface area contributed by atoms with Gasteiger partial charge in [0.2, 0.25) is 5.91 Å². The fourth-order valence-electron chi connectivity index (χ4n) is 2.85. The van der Waals surface area contributed by atoms with Crippen LogP contribution in [0.15, 0.2) is 64.2 Å². The summed E-state index contributed by atoms with van der Waals surface area (Å²) in [5, 5.41) is 18.6. The van der Waals surface area contributed by atoms with E-state index in [0.29, 0.717) is 5.71 Å². The van der Waals surface area contributed by atoms with Gasteiger partial charge in [-0.25, -0.2) is 5.43 Å². The van der Waals surface area contributed by atoms with Gasteiger partial charge in [0.1, 0.15) is 5.75 Å². The molecule has 0 aliphatic carbocycles. The van der Waals surface area contributed by atoms with Gasteiger partial charge in [-0.15, -0.1) is 0 Å². The average molecular weight is 454 g/mol. The highest BCUT2D eigenvalue weighted by atomic mass is 79.9. The molecular formula is C22H20BrN3O3. The van der Waals surface area contributed by atoms with Crippen LogP contribution in [0.2, 0.25) is 0 Å². The van der Waals surface area contributed by atoms with E-state index >= 15 is 0 Å². The summed E-state index contributed by atoms with van der Waals surface area (Å²) in [5.41, 5.74) is 4.60. The molecule has 2 amide bonds. The van der Waals surface area contributed by atoms with Crippen molar-refractivity contribution in [2.45, 2.75) is 20.3 Å². The Morgan fingerprint density at radius 3 is 2.45 bits per heavy atom. The number of amides is 2. The van der Waals surface area contributed by atoms with Crippen molar-refractivity contribution in [2.75, 3.05) is 5.32 Å². The number of halogens is 1. The van der Waals surface area contributed by atoms with Crippen LogP contribution >= 0.6 is 15.9 Å². The molecule has 0 unspecified atom stereocenters. The van der Waals surface area contributed by atoms with E-state index in [0.717, 1.165) is 26.5 Å². The lowest BCUT2D eigenvalue weighted by atomic mass is 10.1. The third kappa shape index (κ3) is 5.20. The fourth-order valence-corrected chi connectivity index (χ4v) is 3.33. The molecule has 3 rings (SSSR count). The van der Waals surface area contributed by atoms with Crippen molar-refractivity contribution in [2.24, 2.45) is 5.10 Å². The summed E-state index contributed by atoms with van der Waals surface area (Å²) in [7, 11) is 0. The molecule has 0 bridgehead atoms. The minimum Gasteiger partial charge on any atom is -0.507 e. The maximum Gasteiger partial charge on any atom is 0.275 e. The number of benzene rings is 3. The van der Waals surface area contributed by atoms with Crippen molar-refractivity contribution in [1.82, 2.24) is 5.43 Å². The van der Waals surface area contributed by atoms with Crippen LogP contribution in [0.25, 0.3) is 10.8 Å². The van der Waals surface area contributed by atoms with Crippen molar-refractivity contribution in [3.05, 3.63) is 70.2 Å². The number of hydrogen-bond donors (Lipinski definition) is 3. The number of phenolic OH excluding ortho intramolecular Hbond substituents is 1. The van der Waals surface area contributed by atoms with E-state index in [1.807, 2.05) is 49.4 Å². The lowest BCUT2D eigenvalue weighted by Crippen LogP contribution is -2.21. The van der Waals surface area contributed by atoms with Gasteiger partial charge in [0, 0.05) is 15.9 Å². The van der Waals surface area contributed by atoms with E-state index in [2.05, 4.69) is 31.8 Å². The summed E-state index contributed by atoms with van der Waals surface area (Å²) in [6, 6.07) is 16.1. The molecule has 29 heavy (non-hydrogen) atoms. The average Bonchev–Trinajstić information content (AvgIpc) is 2.67. The number of rotatable bonds is 5. The number of fused-ring (bicyclic) bond motifs is 1. The molecule has 3 N–H and O–H groups in total. The van der Waals surface area contributed by atoms with Crippen LogP contribution in [0.1, 0.15) is 29.3 Å². The highest BCUT2D eigenvalue weighted by Gasteiger charge is 2.13. The molecule has 3 aromatic rings. The van der Waals surface area contributed by atoms with Gasteiger partial charge in [-0.1, -0.05) is 40.2 Å². The Kier molecular flexibility index (Phi) is 6.29. The molecule has 0 spiro atoms. The topological polar surface area (TPSA) is 90.8 Å². The first-order valence-corrected chi connectivity index (χ1v) is 9.74. The summed E-state index contributed by atoms with van der Waals surface area (Å²) in [6.45, 7) is 3.55. The van der Waals surface area contributed by atoms with E-state index in [4.69, 9.17) is 0 Å². The smallest absolute Gasteiger partial charge is 0.275 e. The predicted molar refractivity (Wildman–Crippen MR) is 118 cm³/mol. The zero-order valence-corrected chi connectivity index (χ0v) is 17.6. The summed E-state index contributed by atoms with van der Waals surface area (Å²) in [5.74, 6) is -0.909. The number of nitrogens with one attached hydrogen (secondary N) is 2. The van der Waals surface area contributed by atoms with Crippen molar-refractivity contribution >= 4 is 49.9 Å². The highest BCUT2D eigenvalue weighted by Crippen LogP contribution is 2.25. The number of carbonyl (C=O) groups is 2. The van der Waals surface area contributed by atoms with E-state index in [1.165, 1.54) is 6.07 Å². The molecule has 0 saturated heterocycles. The summed E-state index contributed by atoms with van der Waals surface area (Å²) >= 11 is 3.38. The molecule has 3 aromatic carbocycles. The molecule has 0 heterocycles. The van der Waals surface area contributed by atoms with Gasteiger partial charge in [0.25, 0.3) is 5.91 Å². The Bertz CT molecular complexity index is 1130. The van der Waals surface area contributed by atoms with Gasteiger partial charge < -0.3 is 10.4 Å². The van der Waals surface area contributed by atoms with E-state index in [-0.39, 0.29) is 23.6 Å². The SMILES string of the molecule is CC(CC(=O)Nc1ccc(Br)cc1C)=NNC(=O)c1cc2ccccc2cc1O. The van der Waals surface area contributed by atoms with E-state index in [1.54, 1.807) is 13.0 Å². The Labute approximate surface area is 176 Å². The maximum absolute atomic E-state index is 12.4. The Hall–Kier alpha value is -3.19. The normalized spacial score (nSPS) is 11.3. The van der Waals surface area contributed by atoms with Crippen molar-refractivity contribution < 1.29 is 14.7 Å². The van der Waals surface area contributed by atoms with Crippen LogP contribution in [-0.2, 0) is 4.79 Å². The molecule has 148 valence electrons. The molecular weight excluding hydrogens is 434 g/mol. The van der Waals surface area contributed by atoms with Crippen LogP contribution in [0.4, 0.5) is 5.69 Å². The molecule has 6 nitrogen and oxygen atoms in total. The number of hydrazone groups is 1. The third-order valence-corrected chi connectivity index (χ3v) is 4.83. The summed E-state index contributed by atoms with van der Waals surface area (Å²) < 4.78 is 0.936. The maximum atomic E-state index is 12.4. The van der Waals surface area contributed by atoms with Gasteiger partial charge in [-0.2, -0.15) is 5.10 Å². The van der Waals surface area contributed by atoms with Crippen molar-refractivity contribution in [3.63, 3.8) is 0 Å². The molecule has 0 aliphatic rings. The molecule has 0 aromatic heterocycles. The molecule has 0 aliphatic heterocycles. The molecule has 0 saturated carbocycles. The second-order valence-corrected chi connectivity index (χ2v) is 7.60. The number of hydrogen-bond acceptors (Lipinski definition) is 4. The summed E-state index contributed by atoms with van der Waals surface area (Å²) in [6.07, 6.45) is 0.0273. The van der Waals surface area contributed by atoms with Crippen LogP contribution in [-0.4, -0.2) is 22.6 Å². The fraction of sp³-hybridized carbons (Fsp3) is 0.136. The zero-order chi connectivity index (χ0) is 21.0. The van der Waals surface area contributed by atoms with Crippen molar-refractivity contribution in [3.8, 4) is 5.75 Å². The second kappa shape index (κ2) is 8.87. The first-order valence-electron chi connectivity index (χ1n) is 8.95. The Balaban J connectivity index is 1.64. The summed E-state index contributed by atoms with van der Waals surface area (Å²) in [4.78, 5) is 24.6. The first-order chi connectivity index (χ1) is 13.8. The largest absolute Gasteiger partial charge is 0.507 e. The predicted octanol–water partition coefficient (Wildman–Crippen LogP) is 4.75. The van der Waals surface area contributed by atoms with Gasteiger partial charge in [-0.05, 0) is 60.5 Å². The number of aryl methyl sites for hydroxylation is 1. The van der Waals surface area contributed by atoms with Crippen LogP contribution < -0.4 is 10.7 Å². The van der Waals surface area contributed by atoms with E-state index in [9.17, 15) is 14.7 Å². The zero-order valence-electron chi connectivity index (χ0n) is 16.0. The molecule has 7 heteroatoms. The Morgan fingerprint density at radius 2 is 1.76 bits per heavy atom. The van der Waals surface area contributed by atoms with Gasteiger partial charge in [0.05, 0.1) is 12.0 Å². The van der Waals surface area contributed by atoms with Crippen LogP contribution in [0, 0.1) is 6.92 Å². The minimum absolute atomic E-state index is 0.0273. The third-order valence-electron chi connectivity index (χ3n) is 4.34. The molecule has 0 fully saturated rings. The van der Waals surface area contributed by atoms with E-state index < -0.39 is 5.91 Å². The minimum atomic E-state index is -0.545. The second-order valence-electron chi connectivity index (χ2n) is 6.69. The lowest BCUT2D eigenvalue weighted by molar-refractivity contribution is -0.115. The Morgan fingerprint density at radius 1 is 1.07 bits per heavy atom. The van der Waals surface area contributed by atoms with Gasteiger partial charge in [-0.3, -0.25) is 9.59 Å². The number of phenols is 1. The standard InChI is InChI=1S/C22H20BrN3O3/c1-13-9-17(23)7-8-19(13)24-21(28)10-14(2)25-26-22(29)18-11-15-5-3-4-6-16(15)12-20(18)27/h3-9,11-12,27H,10H2,1-2H3,(H,24,28)(H,26,29). The van der Waals surface area contributed by atoms with Crippen LogP contribution in [0.5, 0.6) is 5.75 Å². The van der Waals surface area contributed by atoms with Gasteiger partial charge >= 0.3 is 0 Å². The van der Waals surface area contributed by atoms with Gasteiger partial charge in [0.15, 0.2) is 0 Å². The lowest BCUT2D eigenvalue weighted by Gasteiger charge is -2.09. The van der Waals surface area contributed by atoms with Crippen molar-refractivity contribution in [1.29, 1.82) is 0 Å². The number of nitrogens with zero attached hydrogens (tertiary/aromatic N) is 1. The number of carbonyl (C=O) groups excluding carboxylic acids is 2. The number of anilines is 1. The first kappa shape index (κ1) is 20.5.